The van der Waals surface area contributed by atoms with Crippen molar-refractivity contribution in [3.8, 4) is 0 Å². The zero-order valence-electron chi connectivity index (χ0n) is 11.0. The molecule has 1 aromatic carbocycles. The van der Waals surface area contributed by atoms with E-state index in [4.69, 9.17) is 5.73 Å². The second kappa shape index (κ2) is 5.87. The molecular weight excluding hydrogens is 262 g/mol. The lowest BCUT2D eigenvalue weighted by molar-refractivity contribution is -0.385. The van der Waals surface area contributed by atoms with Crippen molar-refractivity contribution in [1.29, 1.82) is 0 Å². The number of piperidine rings is 1. The highest BCUT2D eigenvalue weighted by molar-refractivity contribution is 5.77. The van der Waals surface area contributed by atoms with Crippen LogP contribution < -0.4 is 10.6 Å². The first-order valence-corrected chi connectivity index (χ1v) is 6.45. The summed E-state index contributed by atoms with van der Waals surface area (Å²) in [7, 11) is 0. The minimum Gasteiger partial charge on any atom is -0.391 e. The van der Waals surface area contributed by atoms with E-state index in [0.29, 0.717) is 6.54 Å². The highest BCUT2D eigenvalue weighted by Crippen LogP contribution is 2.28. The number of aliphatic hydroxyl groups is 1. The highest BCUT2D eigenvalue weighted by atomic mass is 16.6. The largest absolute Gasteiger partial charge is 0.391 e. The maximum absolute atomic E-state index is 11.3. The van der Waals surface area contributed by atoms with Gasteiger partial charge in [-0.2, -0.15) is 0 Å². The number of rotatable bonds is 4. The molecule has 3 N–H and O–H groups in total. The molecule has 108 valence electrons. The van der Waals surface area contributed by atoms with Crippen molar-refractivity contribution in [3.63, 3.8) is 0 Å². The number of primary amides is 1. The van der Waals surface area contributed by atoms with Crippen molar-refractivity contribution in [1.82, 2.24) is 0 Å². The molecule has 1 aromatic rings. The van der Waals surface area contributed by atoms with Gasteiger partial charge in [0.05, 0.1) is 23.0 Å². The van der Waals surface area contributed by atoms with Crippen LogP contribution in [0, 0.1) is 16.0 Å². The van der Waals surface area contributed by atoms with E-state index < -0.39 is 11.5 Å². The summed E-state index contributed by atoms with van der Waals surface area (Å²) in [6.07, 6.45) is 1.62. The van der Waals surface area contributed by atoms with Crippen molar-refractivity contribution in [2.24, 2.45) is 11.7 Å². The second-order valence-corrected chi connectivity index (χ2v) is 4.92. The number of anilines is 1. The molecule has 2 rings (SSSR count). The van der Waals surface area contributed by atoms with Gasteiger partial charge in [-0.05, 0) is 25.0 Å². The maximum atomic E-state index is 11.3. The summed E-state index contributed by atoms with van der Waals surface area (Å²) in [6, 6.07) is 4.62. The summed E-state index contributed by atoms with van der Waals surface area (Å²) >= 11 is 0. The number of carbonyl (C=O) groups excluding carboxylic acids is 1. The van der Waals surface area contributed by atoms with Gasteiger partial charge in [0.1, 0.15) is 0 Å². The molecule has 0 aromatic heterocycles. The van der Waals surface area contributed by atoms with Gasteiger partial charge in [-0.1, -0.05) is 0 Å². The first-order valence-electron chi connectivity index (χ1n) is 6.45. The van der Waals surface area contributed by atoms with Crippen LogP contribution in [-0.2, 0) is 11.4 Å². The molecule has 0 bridgehead atoms. The molecule has 0 saturated carbocycles. The molecule has 1 heterocycles. The van der Waals surface area contributed by atoms with Gasteiger partial charge in [-0.25, -0.2) is 0 Å². The molecule has 1 atom stereocenters. The third-order valence-electron chi connectivity index (χ3n) is 3.62. The number of amides is 1. The van der Waals surface area contributed by atoms with Gasteiger partial charge in [0.15, 0.2) is 0 Å². The normalized spacial score (nSPS) is 18.9. The molecule has 7 heteroatoms. The number of nitrogens with zero attached hydrogens (tertiary/aromatic N) is 2. The van der Waals surface area contributed by atoms with Gasteiger partial charge in [-0.15, -0.1) is 0 Å². The predicted molar refractivity (Wildman–Crippen MR) is 73.2 cm³/mol. The van der Waals surface area contributed by atoms with Gasteiger partial charge >= 0.3 is 0 Å². The quantitative estimate of drug-likeness (QED) is 0.625. The summed E-state index contributed by atoms with van der Waals surface area (Å²) in [4.78, 5) is 23.6. The maximum Gasteiger partial charge on any atom is 0.275 e. The molecule has 0 spiro atoms. The van der Waals surface area contributed by atoms with Crippen LogP contribution in [0.4, 0.5) is 11.4 Å². The lowest BCUT2D eigenvalue weighted by Gasteiger charge is -2.33. The molecule has 0 aliphatic carbocycles. The van der Waals surface area contributed by atoms with E-state index in [0.717, 1.165) is 25.1 Å². The molecule has 1 aliphatic heterocycles. The van der Waals surface area contributed by atoms with Crippen molar-refractivity contribution in [2.45, 2.75) is 19.4 Å². The molecule has 7 nitrogen and oxygen atoms in total. The van der Waals surface area contributed by atoms with E-state index in [-0.39, 0.29) is 23.1 Å². The zero-order valence-corrected chi connectivity index (χ0v) is 11.0. The van der Waals surface area contributed by atoms with Crippen molar-refractivity contribution >= 4 is 17.3 Å². The Balaban J connectivity index is 2.24. The van der Waals surface area contributed by atoms with Crippen LogP contribution in [0.25, 0.3) is 0 Å². The summed E-state index contributed by atoms with van der Waals surface area (Å²) in [5.41, 5.74) is 6.28. The topological polar surface area (TPSA) is 110 Å². The number of hydrogen-bond donors (Lipinski definition) is 2. The molecule has 0 radical (unpaired) electrons. The Kier molecular flexibility index (Phi) is 4.19. The number of nitro groups is 1. The number of benzene rings is 1. The minimum absolute atomic E-state index is 0.0975. The van der Waals surface area contributed by atoms with E-state index >= 15 is 0 Å². The monoisotopic (exact) mass is 279 g/mol. The minimum atomic E-state index is -0.516. The fourth-order valence-corrected chi connectivity index (χ4v) is 2.52. The zero-order chi connectivity index (χ0) is 14.7. The molecule has 1 amide bonds. The first kappa shape index (κ1) is 14.3. The van der Waals surface area contributed by atoms with Crippen LogP contribution in [0.5, 0.6) is 0 Å². The van der Waals surface area contributed by atoms with Crippen LogP contribution >= 0.6 is 0 Å². The van der Waals surface area contributed by atoms with Crippen molar-refractivity contribution in [2.75, 3.05) is 18.0 Å². The fourth-order valence-electron chi connectivity index (χ4n) is 2.52. The summed E-state index contributed by atoms with van der Waals surface area (Å²) in [5, 5.41) is 20.1. The smallest absolute Gasteiger partial charge is 0.275 e. The summed E-state index contributed by atoms with van der Waals surface area (Å²) < 4.78 is 0. The van der Waals surface area contributed by atoms with E-state index in [2.05, 4.69) is 0 Å². The number of aliphatic hydroxyl groups excluding tert-OH is 1. The molecule has 20 heavy (non-hydrogen) atoms. The lowest BCUT2D eigenvalue weighted by Crippen LogP contribution is -2.41. The van der Waals surface area contributed by atoms with Crippen LogP contribution in [0.15, 0.2) is 18.2 Å². The Morgan fingerprint density at radius 3 is 2.90 bits per heavy atom. The average Bonchev–Trinajstić information content (AvgIpc) is 2.46. The first-order chi connectivity index (χ1) is 9.52. The third kappa shape index (κ3) is 2.88. The molecule has 1 unspecified atom stereocenters. The van der Waals surface area contributed by atoms with E-state index in [1.165, 1.54) is 6.07 Å². The van der Waals surface area contributed by atoms with E-state index in [1.807, 2.05) is 4.90 Å². The van der Waals surface area contributed by atoms with E-state index in [9.17, 15) is 20.0 Å². The predicted octanol–water partition coefficient (Wildman–Crippen LogP) is 0.789. The standard InChI is InChI=1S/C13H17N3O4/c14-13(18)9-2-1-5-15(7-9)11-3-4-12(16(19)20)10(6-11)8-17/h3-4,6,9,17H,1-2,5,7-8H2,(H2,14,18). The van der Waals surface area contributed by atoms with Crippen molar-refractivity contribution in [3.05, 3.63) is 33.9 Å². The Bertz CT molecular complexity index is 532. The van der Waals surface area contributed by atoms with E-state index in [1.54, 1.807) is 12.1 Å². The van der Waals surface area contributed by atoms with Gasteiger partial charge in [0.2, 0.25) is 5.91 Å². The molecular formula is C13H17N3O4. The van der Waals surface area contributed by atoms with Gasteiger partial charge in [0.25, 0.3) is 5.69 Å². The third-order valence-corrected chi connectivity index (χ3v) is 3.62. The van der Waals surface area contributed by atoms with Gasteiger partial charge in [-0.3, -0.25) is 14.9 Å². The fraction of sp³-hybridized carbons (Fsp3) is 0.462. The Morgan fingerprint density at radius 1 is 1.55 bits per heavy atom. The highest BCUT2D eigenvalue weighted by Gasteiger charge is 2.25. The molecule has 1 aliphatic rings. The number of hydrogen-bond acceptors (Lipinski definition) is 5. The Hall–Kier alpha value is -2.15. The van der Waals surface area contributed by atoms with Crippen molar-refractivity contribution < 1.29 is 14.8 Å². The van der Waals surface area contributed by atoms with Crippen LogP contribution in [-0.4, -0.2) is 29.0 Å². The molecule has 1 fully saturated rings. The van der Waals surface area contributed by atoms with Crippen LogP contribution in [0.1, 0.15) is 18.4 Å². The SMILES string of the molecule is NC(=O)C1CCCN(c2ccc([N+](=O)[O-])c(CO)c2)C1. The Morgan fingerprint density at radius 2 is 2.30 bits per heavy atom. The summed E-state index contributed by atoms with van der Waals surface area (Å²) in [6.45, 7) is 0.891. The molecule has 1 saturated heterocycles. The van der Waals surface area contributed by atoms with Gasteiger partial charge < -0.3 is 15.7 Å². The number of nitro benzene ring substituents is 1. The van der Waals surface area contributed by atoms with Crippen LogP contribution in [0.2, 0.25) is 0 Å². The van der Waals surface area contributed by atoms with Crippen LogP contribution in [0.3, 0.4) is 0 Å². The Labute approximate surface area is 116 Å². The number of carbonyl (C=O) groups is 1. The lowest BCUT2D eigenvalue weighted by atomic mass is 9.97. The average molecular weight is 279 g/mol. The number of nitrogens with two attached hydrogens (primary N) is 1. The van der Waals surface area contributed by atoms with Gasteiger partial charge in [0, 0.05) is 24.8 Å². The second-order valence-electron chi connectivity index (χ2n) is 4.92. The summed E-state index contributed by atoms with van der Waals surface area (Å²) in [5.74, 6) is -0.518.